The summed E-state index contributed by atoms with van der Waals surface area (Å²) in [4.78, 5) is 21.0. The van der Waals surface area contributed by atoms with Crippen molar-refractivity contribution in [2.75, 3.05) is 31.1 Å². The van der Waals surface area contributed by atoms with E-state index in [0.717, 1.165) is 36.6 Å². The number of urea groups is 1. The first-order valence-electron chi connectivity index (χ1n) is 9.56. The third-order valence-corrected chi connectivity index (χ3v) is 5.08. The van der Waals surface area contributed by atoms with Gasteiger partial charge in [0.25, 0.3) is 0 Å². The van der Waals surface area contributed by atoms with E-state index in [4.69, 9.17) is 4.74 Å². The second-order valence-electron chi connectivity index (χ2n) is 7.17. The molecule has 2 aromatic rings. The fourth-order valence-electron chi connectivity index (χ4n) is 3.68. The SMILES string of the molecule is Cn1cc(CNC(=O)N2CC[C@@H](Oc3cccnc3N3CCCC3)C2)cn1. The zero-order chi connectivity index (χ0) is 18.6. The lowest BCUT2D eigenvalue weighted by molar-refractivity contribution is 0.186. The van der Waals surface area contributed by atoms with Gasteiger partial charge in [-0.05, 0) is 25.0 Å². The van der Waals surface area contributed by atoms with Crippen molar-refractivity contribution in [1.29, 1.82) is 0 Å². The van der Waals surface area contributed by atoms with E-state index in [0.29, 0.717) is 19.6 Å². The van der Waals surface area contributed by atoms with Gasteiger partial charge in [-0.1, -0.05) is 0 Å². The highest BCUT2D eigenvalue weighted by molar-refractivity contribution is 5.74. The molecule has 2 aliphatic rings. The van der Waals surface area contributed by atoms with Gasteiger partial charge in [-0.2, -0.15) is 5.10 Å². The number of rotatable bonds is 5. The van der Waals surface area contributed by atoms with Crippen LogP contribution in [0.5, 0.6) is 5.75 Å². The summed E-state index contributed by atoms with van der Waals surface area (Å²) in [5.41, 5.74) is 0.989. The first-order valence-corrected chi connectivity index (χ1v) is 9.56. The Morgan fingerprint density at radius 1 is 1.33 bits per heavy atom. The van der Waals surface area contributed by atoms with Gasteiger partial charge in [0.05, 0.1) is 12.7 Å². The van der Waals surface area contributed by atoms with Crippen LogP contribution in [0.15, 0.2) is 30.7 Å². The van der Waals surface area contributed by atoms with Crippen LogP contribution >= 0.6 is 0 Å². The smallest absolute Gasteiger partial charge is 0.317 e. The Hall–Kier alpha value is -2.77. The molecule has 2 aromatic heterocycles. The van der Waals surface area contributed by atoms with E-state index in [1.165, 1.54) is 12.8 Å². The second-order valence-corrected chi connectivity index (χ2v) is 7.17. The molecule has 0 spiro atoms. The minimum Gasteiger partial charge on any atom is -0.485 e. The van der Waals surface area contributed by atoms with Gasteiger partial charge in [0.15, 0.2) is 11.6 Å². The van der Waals surface area contributed by atoms with Crippen molar-refractivity contribution in [2.45, 2.75) is 31.9 Å². The van der Waals surface area contributed by atoms with E-state index in [2.05, 4.69) is 20.3 Å². The standard InChI is InChI=1S/C19H26N6O2/c1-23-13-15(12-22-23)11-21-19(26)25-10-6-16(14-25)27-17-5-4-7-20-18(17)24-8-2-3-9-24/h4-5,7,12-13,16H,2-3,6,8-11,14H2,1H3,(H,21,26)/t16-/m1/s1. The molecular formula is C19H26N6O2. The lowest BCUT2D eigenvalue weighted by Gasteiger charge is -2.22. The van der Waals surface area contributed by atoms with Crippen LogP contribution in [-0.4, -0.2) is 58.0 Å². The Morgan fingerprint density at radius 2 is 2.19 bits per heavy atom. The number of hydrogen-bond acceptors (Lipinski definition) is 5. The number of anilines is 1. The summed E-state index contributed by atoms with van der Waals surface area (Å²) in [6, 6.07) is 3.82. The molecule has 27 heavy (non-hydrogen) atoms. The largest absolute Gasteiger partial charge is 0.485 e. The van der Waals surface area contributed by atoms with Gasteiger partial charge in [0, 0.05) is 57.6 Å². The first kappa shape index (κ1) is 17.6. The van der Waals surface area contributed by atoms with Crippen LogP contribution in [0.1, 0.15) is 24.8 Å². The number of aryl methyl sites for hydroxylation is 1. The predicted molar refractivity (Wildman–Crippen MR) is 102 cm³/mol. The monoisotopic (exact) mass is 370 g/mol. The Morgan fingerprint density at radius 3 is 2.96 bits per heavy atom. The number of nitrogens with zero attached hydrogens (tertiary/aromatic N) is 5. The van der Waals surface area contributed by atoms with Gasteiger partial charge in [0.2, 0.25) is 0 Å². The maximum Gasteiger partial charge on any atom is 0.317 e. The lowest BCUT2D eigenvalue weighted by Crippen LogP contribution is -2.39. The summed E-state index contributed by atoms with van der Waals surface area (Å²) in [6.07, 6.45) is 8.70. The topological polar surface area (TPSA) is 75.5 Å². The van der Waals surface area contributed by atoms with Crippen LogP contribution in [-0.2, 0) is 13.6 Å². The van der Waals surface area contributed by atoms with Gasteiger partial charge in [-0.15, -0.1) is 0 Å². The molecule has 4 rings (SSSR count). The van der Waals surface area contributed by atoms with Crippen molar-refractivity contribution >= 4 is 11.8 Å². The number of carbonyl (C=O) groups is 1. The van der Waals surface area contributed by atoms with Crippen molar-refractivity contribution in [2.24, 2.45) is 7.05 Å². The Bertz CT molecular complexity index is 786. The molecule has 144 valence electrons. The van der Waals surface area contributed by atoms with Crippen molar-refractivity contribution in [3.05, 3.63) is 36.3 Å². The average molecular weight is 370 g/mol. The van der Waals surface area contributed by atoms with Gasteiger partial charge in [0.1, 0.15) is 6.10 Å². The Balaban J connectivity index is 1.31. The zero-order valence-corrected chi connectivity index (χ0v) is 15.7. The van der Waals surface area contributed by atoms with Gasteiger partial charge < -0.3 is 19.9 Å². The highest BCUT2D eigenvalue weighted by Crippen LogP contribution is 2.30. The average Bonchev–Trinajstić information content (AvgIpc) is 3.42. The van der Waals surface area contributed by atoms with Crippen molar-refractivity contribution < 1.29 is 9.53 Å². The van der Waals surface area contributed by atoms with Gasteiger partial charge in [-0.25, -0.2) is 9.78 Å². The van der Waals surface area contributed by atoms with Crippen LogP contribution in [0.3, 0.4) is 0 Å². The molecule has 0 unspecified atom stereocenters. The fraction of sp³-hybridized carbons (Fsp3) is 0.526. The molecule has 1 atom stereocenters. The molecular weight excluding hydrogens is 344 g/mol. The third kappa shape index (κ3) is 4.15. The summed E-state index contributed by atoms with van der Waals surface area (Å²) in [6.45, 7) is 3.83. The minimum absolute atomic E-state index is 0.000282. The maximum atomic E-state index is 12.4. The number of hydrogen-bond donors (Lipinski definition) is 1. The lowest BCUT2D eigenvalue weighted by atomic mass is 10.3. The predicted octanol–water partition coefficient (Wildman–Crippen LogP) is 1.78. The molecule has 0 aromatic carbocycles. The van der Waals surface area contributed by atoms with Crippen molar-refractivity contribution in [1.82, 2.24) is 25.0 Å². The van der Waals surface area contributed by atoms with E-state index in [1.54, 1.807) is 10.9 Å². The van der Waals surface area contributed by atoms with Crippen LogP contribution < -0.4 is 15.0 Å². The number of pyridine rings is 1. The molecule has 8 heteroatoms. The number of aromatic nitrogens is 3. The van der Waals surface area contributed by atoms with Gasteiger partial charge >= 0.3 is 6.03 Å². The van der Waals surface area contributed by atoms with Crippen molar-refractivity contribution in [3.8, 4) is 5.75 Å². The van der Waals surface area contributed by atoms with Crippen LogP contribution in [0.25, 0.3) is 0 Å². The van der Waals surface area contributed by atoms with Crippen LogP contribution in [0.2, 0.25) is 0 Å². The van der Waals surface area contributed by atoms with Crippen LogP contribution in [0.4, 0.5) is 10.6 Å². The number of amides is 2. The zero-order valence-electron chi connectivity index (χ0n) is 15.7. The second kappa shape index (κ2) is 7.85. The molecule has 4 heterocycles. The normalized spacial score (nSPS) is 19.5. The molecule has 2 amide bonds. The molecule has 8 nitrogen and oxygen atoms in total. The van der Waals surface area contributed by atoms with E-state index in [9.17, 15) is 4.79 Å². The molecule has 0 aliphatic carbocycles. The molecule has 2 fully saturated rings. The first-order chi connectivity index (χ1) is 13.2. The highest BCUT2D eigenvalue weighted by atomic mass is 16.5. The molecule has 2 saturated heterocycles. The van der Waals surface area contributed by atoms with E-state index >= 15 is 0 Å². The van der Waals surface area contributed by atoms with E-state index in [-0.39, 0.29) is 12.1 Å². The van der Waals surface area contributed by atoms with Gasteiger partial charge in [-0.3, -0.25) is 4.68 Å². The molecule has 2 aliphatic heterocycles. The Labute approximate surface area is 159 Å². The van der Waals surface area contributed by atoms with Crippen molar-refractivity contribution in [3.63, 3.8) is 0 Å². The van der Waals surface area contributed by atoms with E-state index < -0.39 is 0 Å². The van der Waals surface area contributed by atoms with E-state index in [1.807, 2.05) is 36.5 Å². The summed E-state index contributed by atoms with van der Waals surface area (Å²) in [5, 5.41) is 7.07. The molecule has 0 radical (unpaired) electrons. The fourth-order valence-corrected chi connectivity index (χ4v) is 3.68. The molecule has 0 saturated carbocycles. The Kier molecular flexibility index (Phi) is 5.13. The minimum atomic E-state index is -0.0593. The summed E-state index contributed by atoms with van der Waals surface area (Å²) in [5.74, 6) is 1.75. The number of ether oxygens (including phenoxy) is 1. The molecule has 1 N–H and O–H groups in total. The number of nitrogens with one attached hydrogen (secondary N) is 1. The summed E-state index contributed by atoms with van der Waals surface area (Å²) >= 11 is 0. The third-order valence-electron chi connectivity index (χ3n) is 5.08. The number of carbonyl (C=O) groups excluding carboxylic acids is 1. The summed E-state index contributed by atoms with van der Waals surface area (Å²) in [7, 11) is 1.86. The number of likely N-dealkylation sites (tertiary alicyclic amines) is 1. The summed E-state index contributed by atoms with van der Waals surface area (Å²) < 4.78 is 7.96. The quantitative estimate of drug-likeness (QED) is 0.868. The maximum absolute atomic E-state index is 12.4. The molecule has 0 bridgehead atoms. The van der Waals surface area contributed by atoms with Crippen LogP contribution in [0, 0.1) is 0 Å². The highest BCUT2D eigenvalue weighted by Gasteiger charge is 2.29.